The Morgan fingerprint density at radius 2 is 2.35 bits per heavy atom. The molecule has 1 unspecified atom stereocenters. The van der Waals surface area contributed by atoms with Crippen molar-refractivity contribution in [2.45, 2.75) is 25.9 Å². The number of nitrogens with zero attached hydrogens (tertiary/aromatic N) is 1. The average Bonchev–Trinajstić information content (AvgIpc) is 2.33. The SMILES string of the molecule is CCOC1CCCN(c2cc(Cl)ccc2N)C1. The highest BCUT2D eigenvalue weighted by atomic mass is 35.5. The first-order valence-corrected chi connectivity index (χ1v) is 6.50. The number of hydrogen-bond acceptors (Lipinski definition) is 3. The van der Waals surface area contributed by atoms with E-state index in [4.69, 9.17) is 22.1 Å². The Balaban J connectivity index is 2.13. The van der Waals surface area contributed by atoms with Crippen molar-refractivity contribution >= 4 is 23.0 Å². The summed E-state index contributed by atoms with van der Waals surface area (Å²) in [5.41, 5.74) is 7.81. The van der Waals surface area contributed by atoms with Gasteiger partial charge in [-0.2, -0.15) is 0 Å². The van der Waals surface area contributed by atoms with Crippen LogP contribution in [0.5, 0.6) is 0 Å². The van der Waals surface area contributed by atoms with E-state index in [9.17, 15) is 0 Å². The quantitative estimate of drug-likeness (QED) is 0.843. The summed E-state index contributed by atoms with van der Waals surface area (Å²) < 4.78 is 5.69. The minimum absolute atomic E-state index is 0.312. The standard InChI is InChI=1S/C13H19ClN2O/c1-2-17-11-4-3-7-16(9-11)13-8-10(14)5-6-12(13)15/h5-6,8,11H,2-4,7,9,15H2,1H3. The number of nitrogen functional groups attached to an aromatic ring is 1. The Hall–Kier alpha value is -0.930. The van der Waals surface area contributed by atoms with Gasteiger partial charge in [-0.1, -0.05) is 11.6 Å². The van der Waals surface area contributed by atoms with E-state index in [2.05, 4.69) is 4.90 Å². The van der Waals surface area contributed by atoms with E-state index in [0.29, 0.717) is 6.10 Å². The van der Waals surface area contributed by atoms with Crippen molar-refractivity contribution < 1.29 is 4.74 Å². The van der Waals surface area contributed by atoms with Gasteiger partial charge in [0.2, 0.25) is 0 Å². The van der Waals surface area contributed by atoms with Crippen molar-refractivity contribution in [3.63, 3.8) is 0 Å². The molecule has 0 aliphatic carbocycles. The van der Waals surface area contributed by atoms with Crippen molar-refractivity contribution in [3.8, 4) is 0 Å². The van der Waals surface area contributed by atoms with Crippen molar-refractivity contribution in [2.75, 3.05) is 30.3 Å². The van der Waals surface area contributed by atoms with Gasteiger partial charge in [0, 0.05) is 24.7 Å². The van der Waals surface area contributed by atoms with Gasteiger partial charge in [0.15, 0.2) is 0 Å². The Kier molecular flexibility index (Phi) is 4.13. The van der Waals surface area contributed by atoms with Crippen LogP contribution < -0.4 is 10.6 Å². The third-order valence-corrected chi connectivity index (χ3v) is 3.35. The number of ether oxygens (including phenoxy) is 1. The van der Waals surface area contributed by atoms with Gasteiger partial charge in [-0.25, -0.2) is 0 Å². The second-order valence-electron chi connectivity index (χ2n) is 4.37. The maximum absolute atomic E-state index is 6.02. The van der Waals surface area contributed by atoms with E-state index < -0.39 is 0 Å². The smallest absolute Gasteiger partial charge is 0.0750 e. The predicted octanol–water partition coefficient (Wildman–Crippen LogP) is 2.93. The molecule has 4 heteroatoms. The van der Waals surface area contributed by atoms with Gasteiger partial charge in [-0.05, 0) is 38.0 Å². The van der Waals surface area contributed by atoms with Gasteiger partial charge < -0.3 is 15.4 Å². The molecule has 1 fully saturated rings. The second-order valence-corrected chi connectivity index (χ2v) is 4.81. The van der Waals surface area contributed by atoms with E-state index in [-0.39, 0.29) is 0 Å². The van der Waals surface area contributed by atoms with Crippen LogP contribution in [0.3, 0.4) is 0 Å². The number of hydrogen-bond donors (Lipinski definition) is 1. The van der Waals surface area contributed by atoms with Crippen LogP contribution in [0.15, 0.2) is 18.2 Å². The summed E-state index contributed by atoms with van der Waals surface area (Å²) >= 11 is 6.02. The highest BCUT2D eigenvalue weighted by Gasteiger charge is 2.21. The van der Waals surface area contributed by atoms with E-state index in [1.54, 1.807) is 0 Å². The van der Waals surface area contributed by atoms with E-state index >= 15 is 0 Å². The molecule has 0 amide bonds. The fourth-order valence-corrected chi connectivity index (χ4v) is 2.49. The van der Waals surface area contributed by atoms with Crippen molar-refractivity contribution in [2.24, 2.45) is 0 Å². The molecule has 2 rings (SSSR count). The molecule has 0 aromatic heterocycles. The molecule has 0 saturated carbocycles. The van der Waals surface area contributed by atoms with Gasteiger partial charge in [0.25, 0.3) is 0 Å². The fourth-order valence-electron chi connectivity index (χ4n) is 2.32. The maximum Gasteiger partial charge on any atom is 0.0750 e. The first-order valence-electron chi connectivity index (χ1n) is 6.12. The molecule has 0 spiro atoms. The van der Waals surface area contributed by atoms with Gasteiger partial charge in [0.1, 0.15) is 0 Å². The molecule has 1 aliphatic rings. The minimum Gasteiger partial charge on any atom is -0.397 e. The summed E-state index contributed by atoms with van der Waals surface area (Å²) in [5, 5.41) is 0.729. The highest BCUT2D eigenvalue weighted by molar-refractivity contribution is 6.31. The summed E-state index contributed by atoms with van der Waals surface area (Å²) in [7, 11) is 0. The Morgan fingerprint density at radius 1 is 1.53 bits per heavy atom. The van der Waals surface area contributed by atoms with E-state index in [1.165, 1.54) is 0 Å². The molecule has 3 nitrogen and oxygen atoms in total. The molecular formula is C13H19ClN2O. The molecule has 1 aromatic rings. The van der Waals surface area contributed by atoms with Crippen LogP contribution in [0.2, 0.25) is 5.02 Å². The molecule has 2 N–H and O–H groups in total. The first-order chi connectivity index (χ1) is 8.20. The third-order valence-electron chi connectivity index (χ3n) is 3.11. The van der Waals surface area contributed by atoms with Crippen LogP contribution in [0.1, 0.15) is 19.8 Å². The van der Waals surface area contributed by atoms with E-state index in [0.717, 1.165) is 48.9 Å². The number of nitrogens with two attached hydrogens (primary N) is 1. The number of piperidine rings is 1. The lowest BCUT2D eigenvalue weighted by atomic mass is 10.1. The van der Waals surface area contributed by atoms with Crippen molar-refractivity contribution in [1.82, 2.24) is 0 Å². The van der Waals surface area contributed by atoms with Gasteiger partial charge in [0.05, 0.1) is 17.5 Å². The molecule has 94 valence electrons. The molecule has 0 bridgehead atoms. The van der Waals surface area contributed by atoms with Gasteiger partial charge in [-0.3, -0.25) is 0 Å². The van der Waals surface area contributed by atoms with Crippen molar-refractivity contribution in [1.29, 1.82) is 0 Å². The number of benzene rings is 1. The molecule has 17 heavy (non-hydrogen) atoms. The Labute approximate surface area is 107 Å². The molecule has 1 heterocycles. The largest absolute Gasteiger partial charge is 0.397 e. The molecule has 1 aromatic carbocycles. The predicted molar refractivity (Wildman–Crippen MR) is 72.7 cm³/mol. The zero-order chi connectivity index (χ0) is 12.3. The summed E-state index contributed by atoms with van der Waals surface area (Å²) in [6, 6.07) is 5.62. The lowest BCUT2D eigenvalue weighted by molar-refractivity contribution is 0.0527. The highest BCUT2D eigenvalue weighted by Crippen LogP contribution is 2.29. The van der Waals surface area contributed by atoms with Gasteiger partial charge >= 0.3 is 0 Å². The van der Waals surface area contributed by atoms with Gasteiger partial charge in [-0.15, -0.1) is 0 Å². The lowest BCUT2D eigenvalue weighted by Gasteiger charge is -2.34. The number of anilines is 2. The molecular weight excluding hydrogens is 236 g/mol. The molecule has 1 saturated heterocycles. The Bertz CT molecular complexity index is 382. The number of halogens is 1. The van der Waals surface area contributed by atoms with E-state index in [1.807, 2.05) is 25.1 Å². The molecule has 0 radical (unpaired) electrons. The first kappa shape index (κ1) is 12.5. The van der Waals surface area contributed by atoms with Crippen LogP contribution in [0.4, 0.5) is 11.4 Å². The van der Waals surface area contributed by atoms with Crippen LogP contribution in [-0.4, -0.2) is 25.8 Å². The second kappa shape index (κ2) is 5.61. The molecule has 1 aliphatic heterocycles. The summed E-state index contributed by atoms with van der Waals surface area (Å²) in [6.07, 6.45) is 2.58. The number of rotatable bonds is 3. The van der Waals surface area contributed by atoms with Crippen LogP contribution >= 0.6 is 11.6 Å². The average molecular weight is 255 g/mol. The topological polar surface area (TPSA) is 38.5 Å². The van der Waals surface area contributed by atoms with Crippen LogP contribution in [0.25, 0.3) is 0 Å². The fraction of sp³-hybridized carbons (Fsp3) is 0.538. The van der Waals surface area contributed by atoms with Crippen LogP contribution in [-0.2, 0) is 4.74 Å². The van der Waals surface area contributed by atoms with Crippen LogP contribution in [0, 0.1) is 0 Å². The maximum atomic E-state index is 6.02. The summed E-state index contributed by atoms with van der Waals surface area (Å²) in [4.78, 5) is 2.27. The lowest BCUT2D eigenvalue weighted by Crippen LogP contribution is -2.40. The Morgan fingerprint density at radius 3 is 3.12 bits per heavy atom. The normalized spacial score (nSPS) is 20.6. The molecule has 1 atom stereocenters. The summed E-state index contributed by atoms with van der Waals surface area (Å²) in [5.74, 6) is 0. The third kappa shape index (κ3) is 3.05. The van der Waals surface area contributed by atoms with Crippen molar-refractivity contribution in [3.05, 3.63) is 23.2 Å². The monoisotopic (exact) mass is 254 g/mol. The zero-order valence-electron chi connectivity index (χ0n) is 10.2. The summed E-state index contributed by atoms with van der Waals surface area (Å²) in [6.45, 7) is 4.72. The zero-order valence-corrected chi connectivity index (χ0v) is 10.9. The minimum atomic E-state index is 0.312.